The molecule has 1 aliphatic carbocycles. The van der Waals surface area contributed by atoms with Crippen molar-refractivity contribution in [3.8, 4) is 0 Å². The zero-order chi connectivity index (χ0) is 15.8. The van der Waals surface area contributed by atoms with Crippen LogP contribution in [0.3, 0.4) is 0 Å². The van der Waals surface area contributed by atoms with Crippen molar-refractivity contribution in [3.63, 3.8) is 0 Å². The maximum Gasteiger partial charge on any atom is 0.0540 e. The molecule has 0 radical (unpaired) electrons. The molecule has 130 valence electrons. The van der Waals surface area contributed by atoms with Crippen LogP contribution in [0.4, 0.5) is 0 Å². The molecule has 2 rings (SSSR count). The van der Waals surface area contributed by atoms with E-state index in [1.807, 2.05) is 0 Å². The Bertz CT molecular complexity index is 291. The summed E-state index contributed by atoms with van der Waals surface area (Å²) in [5.41, 5.74) is 0. The summed E-state index contributed by atoms with van der Waals surface area (Å²) < 4.78 is 0. The maximum atomic E-state index is 10.0. The highest BCUT2D eigenvalue weighted by Gasteiger charge is 2.29. The van der Waals surface area contributed by atoms with E-state index in [0.717, 1.165) is 18.9 Å². The van der Waals surface area contributed by atoms with Crippen LogP contribution in [0.5, 0.6) is 0 Å². The lowest BCUT2D eigenvalue weighted by Crippen LogP contribution is -2.52. The van der Waals surface area contributed by atoms with Crippen molar-refractivity contribution < 1.29 is 5.11 Å². The zero-order valence-electron chi connectivity index (χ0n) is 14.9. The number of likely N-dealkylation sites (tertiary alicyclic amines) is 1. The SMILES string of the molecule is CCCCN1CC(CC(O)CC)CC(NC2CCCCC2)C1. The molecule has 0 spiro atoms. The van der Waals surface area contributed by atoms with Crippen LogP contribution in [-0.4, -0.2) is 47.8 Å². The highest BCUT2D eigenvalue weighted by molar-refractivity contribution is 4.87. The van der Waals surface area contributed by atoms with Crippen LogP contribution in [-0.2, 0) is 0 Å². The van der Waals surface area contributed by atoms with Gasteiger partial charge in [0.1, 0.15) is 0 Å². The summed E-state index contributed by atoms with van der Waals surface area (Å²) in [6.07, 6.45) is 12.6. The normalized spacial score (nSPS) is 29.6. The minimum Gasteiger partial charge on any atom is -0.393 e. The predicted molar refractivity (Wildman–Crippen MR) is 94.2 cm³/mol. The van der Waals surface area contributed by atoms with E-state index in [-0.39, 0.29) is 6.10 Å². The van der Waals surface area contributed by atoms with E-state index in [1.54, 1.807) is 0 Å². The third-order valence-corrected chi connectivity index (χ3v) is 5.59. The summed E-state index contributed by atoms with van der Waals surface area (Å²) in [5.74, 6) is 0.668. The van der Waals surface area contributed by atoms with Crippen LogP contribution in [0.2, 0.25) is 0 Å². The minimum atomic E-state index is -0.105. The van der Waals surface area contributed by atoms with E-state index in [2.05, 4.69) is 24.1 Å². The Hall–Kier alpha value is -0.120. The van der Waals surface area contributed by atoms with Crippen molar-refractivity contribution in [3.05, 3.63) is 0 Å². The van der Waals surface area contributed by atoms with Gasteiger partial charge in [0.25, 0.3) is 0 Å². The Balaban J connectivity index is 1.85. The van der Waals surface area contributed by atoms with Gasteiger partial charge in [0, 0.05) is 25.2 Å². The van der Waals surface area contributed by atoms with Crippen LogP contribution in [0.1, 0.15) is 78.1 Å². The molecule has 0 aromatic carbocycles. The Morgan fingerprint density at radius 3 is 2.55 bits per heavy atom. The number of hydrogen-bond donors (Lipinski definition) is 2. The van der Waals surface area contributed by atoms with Crippen LogP contribution >= 0.6 is 0 Å². The fourth-order valence-corrected chi connectivity index (χ4v) is 4.31. The Morgan fingerprint density at radius 1 is 1.09 bits per heavy atom. The first-order valence-corrected chi connectivity index (χ1v) is 9.87. The molecule has 1 aliphatic heterocycles. The van der Waals surface area contributed by atoms with Crippen LogP contribution in [0.25, 0.3) is 0 Å². The van der Waals surface area contributed by atoms with Gasteiger partial charge >= 0.3 is 0 Å². The average molecular weight is 311 g/mol. The lowest BCUT2D eigenvalue weighted by Gasteiger charge is -2.41. The van der Waals surface area contributed by atoms with Crippen molar-refractivity contribution in [2.24, 2.45) is 5.92 Å². The van der Waals surface area contributed by atoms with Crippen LogP contribution in [0.15, 0.2) is 0 Å². The van der Waals surface area contributed by atoms with Gasteiger partial charge in [-0.05, 0) is 51.0 Å². The number of aliphatic hydroxyl groups is 1. The zero-order valence-corrected chi connectivity index (χ0v) is 14.9. The summed E-state index contributed by atoms with van der Waals surface area (Å²) in [6.45, 7) is 8.02. The number of nitrogens with zero attached hydrogens (tertiary/aromatic N) is 1. The van der Waals surface area contributed by atoms with Crippen molar-refractivity contribution in [1.82, 2.24) is 10.2 Å². The first-order valence-electron chi connectivity index (χ1n) is 9.87. The first-order chi connectivity index (χ1) is 10.7. The molecule has 3 unspecified atom stereocenters. The average Bonchev–Trinajstić information content (AvgIpc) is 2.53. The molecular formula is C19H38N2O. The summed E-state index contributed by atoms with van der Waals surface area (Å²) in [6, 6.07) is 1.39. The summed E-state index contributed by atoms with van der Waals surface area (Å²) in [4.78, 5) is 2.65. The molecular weight excluding hydrogens is 272 g/mol. The van der Waals surface area contributed by atoms with Gasteiger partial charge in [-0.1, -0.05) is 39.5 Å². The number of rotatable bonds is 8. The second-order valence-electron chi connectivity index (χ2n) is 7.71. The fraction of sp³-hybridized carbons (Fsp3) is 1.00. The van der Waals surface area contributed by atoms with Gasteiger partial charge in [-0.2, -0.15) is 0 Å². The number of nitrogens with one attached hydrogen (secondary N) is 1. The Morgan fingerprint density at radius 2 is 1.86 bits per heavy atom. The molecule has 1 saturated carbocycles. The second kappa shape index (κ2) is 9.89. The molecule has 3 nitrogen and oxygen atoms in total. The summed E-state index contributed by atoms with van der Waals surface area (Å²) >= 11 is 0. The molecule has 3 heteroatoms. The molecule has 1 heterocycles. The molecule has 0 bridgehead atoms. The minimum absolute atomic E-state index is 0.105. The molecule has 2 N–H and O–H groups in total. The molecule has 3 atom stereocenters. The third kappa shape index (κ3) is 6.17. The van der Waals surface area contributed by atoms with Gasteiger partial charge < -0.3 is 15.3 Å². The van der Waals surface area contributed by atoms with Crippen LogP contribution < -0.4 is 5.32 Å². The molecule has 0 aromatic rings. The van der Waals surface area contributed by atoms with Gasteiger partial charge in [-0.3, -0.25) is 0 Å². The van der Waals surface area contributed by atoms with E-state index in [0.29, 0.717) is 12.0 Å². The van der Waals surface area contributed by atoms with E-state index in [1.165, 1.54) is 71.0 Å². The molecule has 1 saturated heterocycles. The number of piperidine rings is 1. The molecule has 2 fully saturated rings. The molecule has 0 amide bonds. The lowest BCUT2D eigenvalue weighted by atomic mass is 9.87. The van der Waals surface area contributed by atoms with Crippen molar-refractivity contribution >= 4 is 0 Å². The van der Waals surface area contributed by atoms with Crippen molar-refractivity contribution in [1.29, 1.82) is 0 Å². The number of aliphatic hydroxyl groups excluding tert-OH is 1. The van der Waals surface area contributed by atoms with Crippen molar-refractivity contribution in [2.75, 3.05) is 19.6 Å². The maximum absolute atomic E-state index is 10.0. The van der Waals surface area contributed by atoms with E-state index < -0.39 is 0 Å². The Kier molecular flexibility index (Phi) is 8.19. The molecule has 0 aromatic heterocycles. The van der Waals surface area contributed by atoms with Gasteiger partial charge in [0.2, 0.25) is 0 Å². The molecule has 2 aliphatic rings. The quantitative estimate of drug-likeness (QED) is 0.719. The standard InChI is InChI=1S/C19H38N2O/c1-3-5-11-21-14-16(13-19(22)4-2)12-18(15-21)20-17-9-7-6-8-10-17/h16-20,22H,3-15H2,1-2H3. The number of hydrogen-bond acceptors (Lipinski definition) is 3. The number of unbranched alkanes of at least 4 members (excludes halogenated alkanes) is 1. The van der Waals surface area contributed by atoms with Gasteiger partial charge in [0.05, 0.1) is 6.10 Å². The first kappa shape index (κ1) is 18.2. The Labute approximate surface area is 137 Å². The third-order valence-electron chi connectivity index (χ3n) is 5.59. The van der Waals surface area contributed by atoms with E-state index in [4.69, 9.17) is 0 Å². The van der Waals surface area contributed by atoms with Gasteiger partial charge in [0.15, 0.2) is 0 Å². The summed E-state index contributed by atoms with van der Waals surface area (Å²) in [7, 11) is 0. The van der Waals surface area contributed by atoms with E-state index >= 15 is 0 Å². The highest BCUT2D eigenvalue weighted by Crippen LogP contribution is 2.25. The predicted octanol–water partition coefficient (Wildman–Crippen LogP) is 3.56. The molecule has 22 heavy (non-hydrogen) atoms. The van der Waals surface area contributed by atoms with E-state index in [9.17, 15) is 5.11 Å². The van der Waals surface area contributed by atoms with Gasteiger partial charge in [-0.25, -0.2) is 0 Å². The topological polar surface area (TPSA) is 35.5 Å². The smallest absolute Gasteiger partial charge is 0.0540 e. The van der Waals surface area contributed by atoms with Gasteiger partial charge in [-0.15, -0.1) is 0 Å². The highest BCUT2D eigenvalue weighted by atomic mass is 16.3. The van der Waals surface area contributed by atoms with Crippen molar-refractivity contribution in [2.45, 2.75) is 96.2 Å². The fourth-order valence-electron chi connectivity index (χ4n) is 4.31. The second-order valence-corrected chi connectivity index (χ2v) is 7.71. The monoisotopic (exact) mass is 310 g/mol. The lowest BCUT2D eigenvalue weighted by molar-refractivity contribution is 0.0791. The largest absolute Gasteiger partial charge is 0.393 e. The summed E-state index contributed by atoms with van der Waals surface area (Å²) in [5, 5.41) is 14.0. The van der Waals surface area contributed by atoms with Crippen LogP contribution in [0, 0.1) is 5.92 Å².